The molecule has 0 spiro atoms. The zero-order valence-electron chi connectivity index (χ0n) is 17.0. The number of hydrogen-bond donors (Lipinski definition) is 2. The lowest BCUT2D eigenvalue weighted by Gasteiger charge is -2.30. The van der Waals surface area contributed by atoms with Gasteiger partial charge in [0.15, 0.2) is 6.10 Å². The van der Waals surface area contributed by atoms with Crippen molar-refractivity contribution in [3.05, 3.63) is 18.2 Å². The Morgan fingerprint density at radius 2 is 1.70 bits per heavy atom. The molecule has 0 aliphatic heterocycles. The van der Waals surface area contributed by atoms with Crippen molar-refractivity contribution < 1.29 is 19.0 Å². The normalized spacial score (nSPS) is 17.4. The second kappa shape index (κ2) is 10.5. The van der Waals surface area contributed by atoms with Crippen LogP contribution in [0.5, 0.6) is 11.5 Å². The molecule has 6 heteroatoms. The number of anilines is 1. The molecule has 6 nitrogen and oxygen atoms in total. The number of nitrogens with one attached hydrogen (secondary N) is 1. The van der Waals surface area contributed by atoms with Crippen molar-refractivity contribution >= 4 is 11.6 Å². The monoisotopic (exact) mass is 378 g/mol. The molecule has 0 bridgehead atoms. The second-order valence-electron chi connectivity index (χ2n) is 7.60. The summed E-state index contributed by atoms with van der Waals surface area (Å²) in [5.74, 6) is 1.56. The van der Waals surface area contributed by atoms with Crippen LogP contribution >= 0.6 is 0 Å². The van der Waals surface area contributed by atoms with Gasteiger partial charge in [0.2, 0.25) is 0 Å². The van der Waals surface area contributed by atoms with Crippen LogP contribution in [0.2, 0.25) is 0 Å². The molecule has 0 aromatic heterocycles. The highest BCUT2D eigenvalue weighted by molar-refractivity contribution is 5.95. The first-order valence-electron chi connectivity index (χ1n) is 9.88. The third-order valence-corrected chi connectivity index (χ3v) is 5.02. The Hall–Kier alpha value is -1.79. The first-order valence-corrected chi connectivity index (χ1v) is 9.88. The maximum Gasteiger partial charge on any atom is 0.255 e. The molecule has 27 heavy (non-hydrogen) atoms. The van der Waals surface area contributed by atoms with Gasteiger partial charge in [-0.1, -0.05) is 32.1 Å². The summed E-state index contributed by atoms with van der Waals surface area (Å²) in [6.07, 6.45) is 6.23. The zero-order valence-corrected chi connectivity index (χ0v) is 17.0. The SMILES string of the molecule is COc1cc(NC(=O)C(OC(C)C)[C@H](N)CC2CCCCC2)cc(OC)c1. The molecule has 1 aliphatic carbocycles. The predicted molar refractivity (Wildman–Crippen MR) is 107 cm³/mol. The summed E-state index contributed by atoms with van der Waals surface area (Å²) >= 11 is 0. The molecule has 1 amide bonds. The van der Waals surface area contributed by atoms with Crippen LogP contribution in [0, 0.1) is 5.92 Å². The first-order chi connectivity index (χ1) is 12.9. The number of nitrogens with two attached hydrogens (primary N) is 1. The minimum absolute atomic E-state index is 0.0852. The average molecular weight is 379 g/mol. The molecule has 2 rings (SSSR count). The van der Waals surface area contributed by atoms with Crippen LogP contribution in [0.3, 0.4) is 0 Å². The summed E-state index contributed by atoms with van der Waals surface area (Å²) in [6.45, 7) is 3.84. The minimum atomic E-state index is -0.691. The van der Waals surface area contributed by atoms with E-state index in [4.69, 9.17) is 19.9 Å². The van der Waals surface area contributed by atoms with Gasteiger partial charge >= 0.3 is 0 Å². The van der Waals surface area contributed by atoms with Gasteiger partial charge in [-0.25, -0.2) is 0 Å². The van der Waals surface area contributed by atoms with Crippen LogP contribution in [-0.4, -0.2) is 38.4 Å². The van der Waals surface area contributed by atoms with Gasteiger partial charge in [-0.2, -0.15) is 0 Å². The van der Waals surface area contributed by atoms with Crippen LogP contribution in [0.1, 0.15) is 52.4 Å². The van der Waals surface area contributed by atoms with E-state index in [1.165, 1.54) is 32.1 Å². The van der Waals surface area contributed by atoms with Gasteiger partial charge in [-0.15, -0.1) is 0 Å². The number of hydrogen-bond acceptors (Lipinski definition) is 5. The van der Waals surface area contributed by atoms with Crippen molar-refractivity contribution in [2.45, 2.75) is 70.6 Å². The Morgan fingerprint density at radius 1 is 1.11 bits per heavy atom. The van der Waals surface area contributed by atoms with E-state index in [9.17, 15) is 4.79 Å². The fourth-order valence-corrected chi connectivity index (χ4v) is 3.67. The Kier molecular flexibility index (Phi) is 8.38. The summed E-state index contributed by atoms with van der Waals surface area (Å²) in [5, 5.41) is 2.91. The maximum atomic E-state index is 12.9. The van der Waals surface area contributed by atoms with Crippen LogP contribution in [0.4, 0.5) is 5.69 Å². The molecule has 0 saturated heterocycles. The Morgan fingerprint density at radius 3 is 2.22 bits per heavy atom. The van der Waals surface area contributed by atoms with E-state index in [0.717, 1.165) is 6.42 Å². The van der Waals surface area contributed by atoms with Crippen molar-refractivity contribution in [2.75, 3.05) is 19.5 Å². The molecule has 0 radical (unpaired) electrons. The Bertz CT molecular complexity index is 578. The summed E-state index contributed by atoms with van der Waals surface area (Å²) < 4.78 is 16.4. The number of carbonyl (C=O) groups is 1. The van der Waals surface area contributed by atoms with Crippen molar-refractivity contribution in [2.24, 2.45) is 11.7 Å². The smallest absolute Gasteiger partial charge is 0.255 e. The molecular formula is C21H34N2O4. The van der Waals surface area contributed by atoms with E-state index in [1.807, 2.05) is 13.8 Å². The van der Waals surface area contributed by atoms with Crippen molar-refractivity contribution in [1.29, 1.82) is 0 Å². The summed E-state index contributed by atoms with van der Waals surface area (Å²) in [6, 6.07) is 4.92. The van der Waals surface area contributed by atoms with Crippen LogP contribution in [0.25, 0.3) is 0 Å². The molecule has 2 atom stereocenters. The molecule has 0 heterocycles. The summed E-state index contributed by atoms with van der Waals surface area (Å²) in [5.41, 5.74) is 7.02. The van der Waals surface area contributed by atoms with Crippen molar-refractivity contribution in [3.8, 4) is 11.5 Å². The van der Waals surface area contributed by atoms with Crippen LogP contribution < -0.4 is 20.5 Å². The highest BCUT2D eigenvalue weighted by Crippen LogP contribution is 2.29. The van der Waals surface area contributed by atoms with Crippen LogP contribution in [-0.2, 0) is 9.53 Å². The van der Waals surface area contributed by atoms with Crippen LogP contribution in [0.15, 0.2) is 18.2 Å². The zero-order chi connectivity index (χ0) is 19.8. The molecule has 1 saturated carbocycles. The number of benzene rings is 1. The highest BCUT2D eigenvalue weighted by Gasteiger charge is 2.30. The van der Waals surface area contributed by atoms with Gasteiger partial charge in [0, 0.05) is 29.9 Å². The summed E-state index contributed by atoms with van der Waals surface area (Å²) in [7, 11) is 3.15. The fourth-order valence-electron chi connectivity index (χ4n) is 3.67. The molecule has 1 fully saturated rings. The third kappa shape index (κ3) is 6.70. The van der Waals surface area contributed by atoms with Crippen molar-refractivity contribution in [3.63, 3.8) is 0 Å². The average Bonchev–Trinajstić information content (AvgIpc) is 2.66. The predicted octanol–water partition coefficient (Wildman–Crippen LogP) is 3.73. The van der Waals surface area contributed by atoms with E-state index in [1.54, 1.807) is 32.4 Å². The second-order valence-corrected chi connectivity index (χ2v) is 7.60. The van der Waals surface area contributed by atoms with Crippen molar-refractivity contribution in [1.82, 2.24) is 0 Å². The van der Waals surface area contributed by atoms with E-state index in [-0.39, 0.29) is 18.1 Å². The molecule has 1 aromatic rings. The number of methoxy groups -OCH3 is 2. The van der Waals surface area contributed by atoms with Gasteiger partial charge in [0.25, 0.3) is 5.91 Å². The lowest BCUT2D eigenvalue weighted by Crippen LogP contribution is -2.47. The van der Waals surface area contributed by atoms with E-state index >= 15 is 0 Å². The molecule has 1 unspecified atom stereocenters. The fraction of sp³-hybridized carbons (Fsp3) is 0.667. The number of ether oxygens (including phenoxy) is 3. The summed E-state index contributed by atoms with van der Waals surface area (Å²) in [4.78, 5) is 12.9. The largest absolute Gasteiger partial charge is 0.497 e. The number of amides is 1. The molecule has 1 aliphatic rings. The molecule has 3 N–H and O–H groups in total. The highest BCUT2D eigenvalue weighted by atomic mass is 16.5. The Labute approximate surface area is 162 Å². The third-order valence-electron chi connectivity index (χ3n) is 5.02. The lowest BCUT2D eigenvalue weighted by atomic mass is 9.84. The number of rotatable bonds is 9. The van der Waals surface area contributed by atoms with E-state index in [2.05, 4.69) is 5.32 Å². The molecular weight excluding hydrogens is 344 g/mol. The first kappa shape index (κ1) is 21.5. The minimum Gasteiger partial charge on any atom is -0.497 e. The lowest BCUT2D eigenvalue weighted by molar-refractivity contribution is -0.132. The van der Waals surface area contributed by atoms with Gasteiger partial charge in [0.05, 0.1) is 20.3 Å². The standard InChI is InChI=1S/C21H34N2O4/c1-14(2)27-20(19(22)10-15-8-6-5-7-9-15)21(24)23-16-11-17(25-3)13-18(12-16)26-4/h11-15,19-20H,5-10,22H2,1-4H3,(H,23,24)/t19-,20?/m1/s1. The topological polar surface area (TPSA) is 82.8 Å². The molecule has 1 aromatic carbocycles. The van der Waals surface area contributed by atoms with E-state index in [0.29, 0.717) is 23.1 Å². The van der Waals surface area contributed by atoms with E-state index < -0.39 is 6.10 Å². The van der Waals surface area contributed by atoms with Gasteiger partial charge in [0.1, 0.15) is 11.5 Å². The maximum absolute atomic E-state index is 12.9. The van der Waals surface area contributed by atoms with Gasteiger partial charge < -0.3 is 25.3 Å². The number of carbonyl (C=O) groups excluding carboxylic acids is 1. The van der Waals surface area contributed by atoms with Gasteiger partial charge in [-0.05, 0) is 26.2 Å². The quantitative estimate of drug-likeness (QED) is 0.684. The Balaban J connectivity index is 2.09. The molecule has 152 valence electrons. The van der Waals surface area contributed by atoms with Gasteiger partial charge in [-0.3, -0.25) is 4.79 Å².